The molecule has 0 aliphatic carbocycles. The molecule has 0 rings (SSSR count). The summed E-state index contributed by atoms with van der Waals surface area (Å²) in [5, 5.41) is 8.68. The first-order chi connectivity index (χ1) is 6.20. The maximum atomic E-state index is 10.5. The fourth-order valence-electron chi connectivity index (χ4n) is 1.58. The summed E-state index contributed by atoms with van der Waals surface area (Å²) in [5.41, 5.74) is 0. The maximum absolute atomic E-state index is 10.5. The average Bonchev–Trinajstić information content (AvgIpc) is 2.09. The van der Waals surface area contributed by atoms with Gasteiger partial charge in [0.15, 0.2) is 0 Å². The van der Waals surface area contributed by atoms with Crippen LogP contribution >= 0.6 is 0 Å². The number of carboxylic acids is 1. The Bertz CT molecular complexity index is 124. The largest absolute Gasteiger partial charge is 0.481 e. The first-order valence-electron chi connectivity index (χ1n) is 5.42. The summed E-state index contributed by atoms with van der Waals surface area (Å²) in [4.78, 5) is 10.5. The zero-order chi connectivity index (χ0) is 10.1. The number of rotatable bonds is 8. The lowest BCUT2D eigenvalue weighted by molar-refractivity contribution is -0.138. The summed E-state index contributed by atoms with van der Waals surface area (Å²) in [6.07, 6.45) is 7.21. The van der Waals surface area contributed by atoms with Gasteiger partial charge in [-0.25, -0.2) is 0 Å². The quantitative estimate of drug-likeness (QED) is 0.630. The van der Waals surface area contributed by atoms with E-state index in [0.717, 1.165) is 12.8 Å². The first kappa shape index (κ1) is 12.5. The predicted molar refractivity (Wildman–Crippen MR) is 54.8 cm³/mol. The number of unbranched alkanes of at least 4 members (excludes halogenated alkanes) is 2. The minimum atomic E-state index is -0.641. The van der Waals surface area contributed by atoms with Gasteiger partial charge in [-0.15, -0.1) is 0 Å². The molecule has 0 saturated carbocycles. The van der Waals surface area contributed by atoms with Gasteiger partial charge in [-0.05, 0) is 18.8 Å². The first-order valence-corrected chi connectivity index (χ1v) is 5.42. The van der Waals surface area contributed by atoms with Crippen molar-refractivity contribution in [3.8, 4) is 0 Å². The van der Waals surface area contributed by atoms with E-state index >= 15 is 0 Å². The van der Waals surface area contributed by atoms with E-state index in [4.69, 9.17) is 5.11 Å². The number of aliphatic carboxylic acids is 1. The van der Waals surface area contributed by atoms with Gasteiger partial charge in [-0.2, -0.15) is 0 Å². The average molecular weight is 186 g/mol. The molecule has 0 bridgehead atoms. The molecule has 0 aromatic carbocycles. The van der Waals surface area contributed by atoms with Gasteiger partial charge < -0.3 is 5.11 Å². The summed E-state index contributed by atoms with van der Waals surface area (Å²) < 4.78 is 0. The van der Waals surface area contributed by atoms with Gasteiger partial charge in [0.05, 0.1) is 0 Å². The van der Waals surface area contributed by atoms with Crippen molar-refractivity contribution >= 4 is 5.97 Å². The van der Waals surface area contributed by atoms with Crippen LogP contribution in [-0.4, -0.2) is 11.1 Å². The highest BCUT2D eigenvalue weighted by Crippen LogP contribution is 2.19. The molecule has 0 atom stereocenters. The minimum absolute atomic E-state index is 0.361. The van der Waals surface area contributed by atoms with E-state index < -0.39 is 5.97 Å². The highest BCUT2D eigenvalue weighted by Gasteiger charge is 2.11. The topological polar surface area (TPSA) is 37.3 Å². The van der Waals surface area contributed by atoms with Crippen molar-refractivity contribution in [2.24, 2.45) is 5.92 Å². The Hall–Kier alpha value is -0.530. The molecule has 0 spiro atoms. The smallest absolute Gasteiger partial charge is 0.303 e. The molecule has 2 nitrogen and oxygen atoms in total. The lowest BCUT2D eigenvalue weighted by atomic mass is 9.93. The molecular weight excluding hydrogens is 164 g/mol. The molecule has 13 heavy (non-hydrogen) atoms. The number of carboxylic acid groups (broad SMARTS) is 1. The minimum Gasteiger partial charge on any atom is -0.481 e. The van der Waals surface area contributed by atoms with Crippen molar-refractivity contribution in [3.05, 3.63) is 0 Å². The Kier molecular flexibility index (Phi) is 7.76. The maximum Gasteiger partial charge on any atom is 0.303 e. The Morgan fingerprint density at radius 2 is 1.62 bits per heavy atom. The SMILES string of the molecule is CCCCC(CCCC)CC(=O)O. The molecule has 78 valence electrons. The van der Waals surface area contributed by atoms with Gasteiger partial charge in [0.2, 0.25) is 0 Å². The van der Waals surface area contributed by atoms with Crippen molar-refractivity contribution in [2.75, 3.05) is 0 Å². The Balaban J connectivity index is 3.66. The van der Waals surface area contributed by atoms with Gasteiger partial charge in [0.1, 0.15) is 0 Å². The van der Waals surface area contributed by atoms with Gasteiger partial charge in [-0.3, -0.25) is 4.79 Å². The van der Waals surface area contributed by atoms with Gasteiger partial charge in [0.25, 0.3) is 0 Å². The summed E-state index contributed by atoms with van der Waals surface area (Å²) in [6, 6.07) is 0. The van der Waals surface area contributed by atoms with E-state index in [9.17, 15) is 4.79 Å². The molecule has 0 amide bonds. The Morgan fingerprint density at radius 1 is 1.15 bits per heavy atom. The Morgan fingerprint density at radius 3 is 1.92 bits per heavy atom. The van der Waals surface area contributed by atoms with E-state index in [1.54, 1.807) is 0 Å². The number of hydrogen-bond acceptors (Lipinski definition) is 1. The molecule has 0 heterocycles. The van der Waals surface area contributed by atoms with E-state index in [2.05, 4.69) is 13.8 Å². The van der Waals surface area contributed by atoms with Crippen LogP contribution in [0.1, 0.15) is 58.8 Å². The monoisotopic (exact) mass is 186 g/mol. The van der Waals surface area contributed by atoms with E-state index in [1.807, 2.05) is 0 Å². The molecule has 1 N–H and O–H groups in total. The van der Waals surface area contributed by atoms with Crippen LogP contribution in [0.5, 0.6) is 0 Å². The molecule has 2 heteroatoms. The van der Waals surface area contributed by atoms with Crippen LogP contribution in [0.2, 0.25) is 0 Å². The third-order valence-corrected chi connectivity index (χ3v) is 2.40. The van der Waals surface area contributed by atoms with Crippen molar-refractivity contribution < 1.29 is 9.90 Å². The molecular formula is C11H22O2. The predicted octanol–water partition coefficient (Wildman–Crippen LogP) is 3.46. The van der Waals surface area contributed by atoms with Gasteiger partial charge in [0, 0.05) is 6.42 Å². The van der Waals surface area contributed by atoms with Crippen LogP contribution < -0.4 is 0 Å². The van der Waals surface area contributed by atoms with Crippen LogP contribution in [-0.2, 0) is 4.79 Å². The van der Waals surface area contributed by atoms with Crippen molar-refractivity contribution in [2.45, 2.75) is 58.8 Å². The lowest BCUT2D eigenvalue weighted by Gasteiger charge is -2.13. The molecule has 0 fully saturated rings. The lowest BCUT2D eigenvalue weighted by Crippen LogP contribution is -2.07. The molecule has 0 unspecified atom stereocenters. The zero-order valence-corrected chi connectivity index (χ0v) is 8.88. The van der Waals surface area contributed by atoms with Crippen molar-refractivity contribution in [1.82, 2.24) is 0 Å². The molecule has 0 aliphatic rings. The summed E-state index contributed by atoms with van der Waals surface area (Å²) in [6.45, 7) is 4.30. The second kappa shape index (κ2) is 8.09. The summed E-state index contributed by atoms with van der Waals surface area (Å²) in [5.74, 6) is -0.227. The second-order valence-electron chi connectivity index (χ2n) is 3.75. The van der Waals surface area contributed by atoms with Crippen LogP contribution in [0.15, 0.2) is 0 Å². The summed E-state index contributed by atoms with van der Waals surface area (Å²) >= 11 is 0. The normalized spacial score (nSPS) is 10.7. The molecule has 0 aliphatic heterocycles. The number of hydrogen-bond donors (Lipinski definition) is 1. The van der Waals surface area contributed by atoms with Crippen molar-refractivity contribution in [3.63, 3.8) is 0 Å². The molecule has 0 saturated heterocycles. The zero-order valence-electron chi connectivity index (χ0n) is 8.88. The van der Waals surface area contributed by atoms with Crippen LogP contribution in [0.3, 0.4) is 0 Å². The number of carbonyl (C=O) groups is 1. The van der Waals surface area contributed by atoms with E-state index in [0.29, 0.717) is 12.3 Å². The van der Waals surface area contributed by atoms with Gasteiger partial charge >= 0.3 is 5.97 Å². The standard InChI is InChI=1S/C11H22O2/c1-3-5-7-10(8-6-4-2)9-11(12)13/h10H,3-9H2,1-2H3,(H,12,13). The second-order valence-corrected chi connectivity index (χ2v) is 3.75. The fourth-order valence-corrected chi connectivity index (χ4v) is 1.58. The van der Waals surface area contributed by atoms with Crippen LogP contribution in [0.25, 0.3) is 0 Å². The molecule has 0 aromatic rings. The highest BCUT2D eigenvalue weighted by molar-refractivity contribution is 5.66. The summed E-state index contributed by atoms with van der Waals surface area (Å²) in [7, 11) is 0. The highest BCUT2D eigenvalue weighted by atomic mass is 16.4. The third kappa shape index (κ3) is 7.82. The third-order valence-electron chi connectivity index (χ3n) is 2.40. The van der Waals surface area contributed by atoms with Gasteiger partial charge in [-0.1, -0.05) is 39.5 Å². The molecule has 0 aromatic heterocycles. The van der Waals surface area contributed by atoms with E-state index in [1.165, 1.54) is 25.7 Å². The van der Waals surface area contributed by atoms with Crippen LogP contribution in [0, 0.1) is 5.92 Å². The van der Waals surface area contributed by atoms with E-state index in [-0.39, 0.29) is 0 Å². The Labute approximate surface area is 81.3 Å². The van der Waals surface area contributed by atoms with Crippen LogP contribution in [0.4, 0.5) is 0 Å². The molecule has 0 radical (unpaired) electrons. The van der Waals surface area contributed by atoms with Crippen molar-refractivity contribution in [1.29, 1.82) is 0 Å². The fraction of sp³-hybridized carbons (Fsp3) is 0.909.